The normalized spacial score (nSPS) is 19.1. The smallest absolute Gasteiger partial charge is 0.273 e. The molecule has 3 rings (SSSR count). The third-order valence-corrected chi connectivity index (χ3v) is 5.29. The molecule has 0 saturated carbocycles. The summed E-state index contributed by atoms with van der Waals surface area (Å²) in [5, 5.41) is 17.2. The number of amides is 1. The van der Waals surface area contributed by atoms with Crippen molar-refractivity contribution in [2.24, 2.45) is 17.2 Å². The van der Waals surface area contributed by atoms with Gasteiger partial charge in [0, 0.05) is 24.8 Å². The fourth-order valence-corrected chi connectivity index (χ4v) is 3.67. The van der Waals surface area contributed by atoms with Crippen LogP contribution in [0.15, 0.2) is 28.8 Å². The molecule has 8 nitrogen and oxygen atoms in total. The lowest BCUT2D eigenvalue weighted by Gasteiger charge is -2.15. The minimum atomic E-state index is -1.13. The topological polar surface area (TPSA) is 115 Å². The Morgan fingerprint density at radius 2 is 2.30 bits per heavy atom. The number of carbonyl (C=O) groups excluding carboxylic acids is 1. The second-order valence-electron chi connectivity index (χ2n) is 5.64. The third kappa shape index (κ3) is 4.22. The van der Waals surface area contributed by atoms with Gasteiger partial charge >= 0.3 is 0 Å². The number of hydrogen-bond acceptors (Lipinski definition) is 7. The number of hydrogen-bond donors (Lipinski definition) is 3. The van der Waals surface area contributed by atoms with Crippen molar-refractivity contribution in [3.8, 4) is 17.0 Å². The van der Waals surface area contributed by atoms with E-state index < -0.39 is 16.7 Å². The van der Waals surface area contributed by atoms with Crippen LogP contribution in [0, 0.1) is 0 Å². The summed E-state index contributed by atoms with van der Waals surface area (Å²) in [6, 6.07) is 5.08. The number of aromatic nitrogens is 2. The van der Waals surface area contributed by atoms with Gasteiger partial charge in [0.2, 0.25) is 0 Å². The zero-order valence-electron chi connectivity index (χ0n) is 14.2. The minimum absolute atomic E-state index is 0.0245. The van der Waals surface area contributed by atoms with E-state index in [0.29, 0.717) is 40.9 Å². The summed E-state index contributed by atoms with van der Waals surface area (Å²) < 4.78 is 10.5. The van der Waals surface area contributed by atoms with E-state index in [1.807, 2.05) is 0 Å². The molecule has 2 atom stereocenters. The molecule has 2 aromatic rings. The Labute approximate surface area is 169 Å². The molecular weight excluding hydrogens is 413 g/mol. The van der Waals surface area contributed by atoms with Gasteiger partial charge in [-0.15, -0.1) is 11.6 Å². The lowest BCUT2D eigenvalue weighted by molar-refractivity contribution is -0.110. The molecule has 2 heterocycles. The van der Waals surface area contributed by atoms with E-state index in [4.69, 9.17) is 33.7 Å². The van der Waals surface area contributed by atoms with Gasteiger partial charge in [-0.25, -0.2) is 4.40 Å². The number of aliphatic hydroxyl groups excluding tert-OH is 1. The van der Waals surface area contributed by atoms with Crippen LogP contribution in [0.4, 0.5) is 5.69 Å². The largest absolute Gasteiger partial charge is 0.492 e. The van der Waals surface area contributed by atoms with Crippen LogP contribution in [-0.4, -0.2) is 50.5 Å². The van der Waals surface area contributed by atoms with E-state index in [-0.39, 0.29) is 5.71 Å². The van der Waals surface area contributed by atoms with Gasteiger partial charge in [0.25, 0.3) is 5.91 Å². The van der Waals surface area contributed by atoms with Crippen LogP contribution in [0.1, 0.15) is 0 Å². The second kappa shape index (κ2) is 8.49. The number of halogens is 2. The van der Waals surface area contributed by atoms with Crippen molar-refractivity contribution in [3.63, 3.8) is 0 Å². The first-order valence-electron chi connectivity index (χ1n) is 7.94. The molecule has 0 spiro atoms. The number of anilines is 1. The van der Waals surface area contributed by atoms with E-state index >= 15 is 0 Å². The Kier molecular flexibility index (Phi) is 6.28. The third-order valence-electron chi connectivity index (χ3n) is 3.77. The summed E-state index contributed by atoms with van der Waals surface area (Å²) in [4.78, 5) is 12.4. The molecule has 0 bridgehead atoms. The summed E-state index contributed by atoms with van der Waals surface area (Å²) >= 11 is 13.1. The SMILES string of the molecule is Cn1ncc(Cl)c1-c1cc(NC(=O)C2=NSC(Cl)C2O)ccc1OCCN. The second-order valence-corrected chi connectivity index (χ2v) is 7.68. The van der Waals surface area contributed by atoms with Gasteiger partial charge in [-0.05, 0) is 30.1 Å². The Balaban J connectivity index is 1.91. The molecule has 0 aliphatic carbocycles. The molecule has 1 aliphatic rings. The predicted octanol–water partition coefficient (Wildman–Crippen LogP) is 2.05. The van der Waals surface area contributed by atoms with E-state index in [1.54, 1.807) is 29.9 Å². The lowest BCUT2D eigenvalue weighted by Crippen LogP contribution is -2.34. The summed E-state index contributed by atoms with van der Waals surface area (Å²) in [5.41, 5.74) is 7.25. The number of rotatable bonds is 6. The number of ether oxygens (including phenoxy) is 1. The molecule has 27 heavy (non-hydrogen) atoms. The number of nitrogens with one attached hydrogen (secondary N) is 1. The average Bonchev–Trinajstić information content (AvgIpc) is 3.15. The predicted molar refractivity (Wildman–Crippen MR) is 108 cm³/mol. The summed E-state index contributed by atoms with van der Waals surface area (Å²) in [6.07, 6.45) is 0.394. The van der Waals surface area contributed by atoms with Gasteiger partial charge < -0.3 is 20.9 Å². The monoisotopic (exact) mass is 429 g/mol. The molecule has 0 fully saturated rings. The average molecular weight is 430 g/mol. The number of aryl methyl sites for hydroxylation is 1. The molecule has 1 amide bonds. The van der Waals surface area contributed by atoms with E-state index in [2.05, 4.69) is 14.8 Å². The zero-order valence-corrected chi connectivity index (χ0v) is 16.6. The zero-order chi connectivity index (χ0) is 19.6. The fourth-order valence-electron chi connectivity index (χ4n) is 2.52. The molecule has 1 aromatic heterocycles. The number of benzene rings is 1. The van der Waals surface area contributed by atoms with Crippen molar-refractivity contribution in [2.75, 3.05) is 18.5 Å². The van der Waals surface area contributed by atoms with E-state index in [1.165, 1.54) is 6.20 Å². The fraction of sp³-hybridized carbons (Fsp3) is 0.312. The van der Waals surface area contributed by atoms with Gasteiger partial charge in [0.05, 0.1) is 16.9 Å². The Bertz CT molecular complexity index is 869. The van der Waals surface area contributed by atoms with Crippen molar-refractivity contribution < 1.29 is 14.6 Å². The molecule has 1 aromatic carbocycles. The van der Waals surface area contributed by atoms with Crippen molar-refractivity contribution in [1.29, 1.82) is 0 Å². The first-order valence-corrected chi connectivity index (χ1v) is 9.59. The van der Waals surface area contributed by atoms with Crippen LogP contribution in [0.3, 0.4) is 0 Å². The van der Waals surface area contributed by atoms with Crippen LogP contribution >= 0.6 is 35.1 Å². The molecule has 144 valence electrons. The lowest BCUT2D eigenvalue weighted by atomic mass is 10.1. The molecule has 0 radical (unpaired) electrons. The van der Waals surface area contributed by atoms with Gasteiger partial charge in [-0.2, -0.15) is 5.10 Å². The number of nitrogens with two attached hydrogens (primary N) is 1. The van der Waals surface area contributed by atoms with Gasteiger partial charge in [-0.3, -0.25) is 9.48 Å². The first-order chi connectivity index (χ1) is 12.9. The van der Waals surface area contributed by atoms with E-state index in [0.717, 1.165) is 11.9 Å². The summed E-state index contributed by atoms with van der Waals surface area (Å²) in [7, 11) is 1.75. The number of nitrogens with zero attached hydrogens (tertiary/aromatic N) is 3. The van der Waals surface area contributed by atoms with Crippen LogP contribution in [0.2, 0.25) is 5.02 Å². The van der Waals surface area contributed by atoms with Crippen LogP contribution in [0.5, 0.6) is 5.75 Å². The minimum Gasteiger partial charge on any atom is -0.492 e. The maximum Gasteiger partial charge on any atom is 0.273 e. The van der Waals surface area contributed by atoms with Crippen LogP contribution in [-0.2, 0) is 11.8 Å². The molecule has 1 aliphatic heterocycles. The molecule has 2 unspecified atom stereocenters. The van der Waals surface area contributed by atoms with Gasteiger partial charge in [0.1, 0.15) is 28.9 Å². The Morgan fingerprint density at radius 3 is 2.89 bits per heavy atom. The van der Waals surface area contributed by atoms with Crippen LogP contribution < -0.4 is 15.8 Å². The van der Waals surface area contributed by atoms with Crippen molar-refractivity contribution in [1.82, 2.24) is 9.78 Å². The maximum atomic E-state index is 12.4. The highest BCUT2D eigenvalue weighted by Crippen LogP contribution is 2.37. The summed E-state index contributed by atoms with van der Waals surface area (Å²) in [5.74, 6) is 0.0226. The van der Waals surface area contributed by atoms with E-state index in [9.17, 15) is 9.90 Å². The first kappa shape index (κ1) is 20.0. The highest BCUT2D eigenvalue weighted by Gasteiger charge is 2.34. The Hall–Kier alpha value is -1.78. The number of aliphatic hydroxyl groups is 1. The number of carbonyl (C=O) groups is 1. The standard InChI is InChI=1S/C16H17Cl2N5O3S/c1-23-13(10(17)7-20-23)9-6-8(2-3-11(9)26-5-4-19)21-16(25)12-14(24)15(18)27-22-12/h2-3,6-7,14-15,24H,4-5,19H2,1H3,(H,21,25). The molecule has 4 N–H and O–H groups in total. The maximum absolute atomic E-state index is 12.4. The van der Waals surface area contributed by atoms with Gasteiger partial charge in [-0.1, -0.05) is 11.6 Å². The molecular formula is C16H17Cl2N5O3S. The van der Waals surface area contributed by atoms with Crippen LogP contribution in [0.25, 0.3) is 11.3 Å². The quantitative estimate of drug-likeness (QED) is 0.477. The Morgan fingerprint density at radius 1 is 1.52 bits per heavy atom. The summed E-state index contributed by atoms with van der Waals surface area (Å²) in [6.45, 7) is 0.678. The number of alkyl halides is 1. The molecule has 11 heteroatoms. The van der Waals surface area contributed by atoms with Crippen molar-refractivity contribution >= 4 is 52.5 Å². The van der Waals surface area contributed by atoms with Gasteiger partial charge in [0.15, 0.2) is 0 Å². The highest BCUT2D eigenvalue weighted by molar-refractivity contribution is 8.00. The van der Waals surface area contributed by atoms with Crippen molar-refractivity contribution in [3.05, 3.63) is 29.4 Å². The van der Waals surface area contributed by atoms with Crippen molar-refractivity contribution in [2.45, 2.75) is 10.8 Å². The highest BCUT2D eigenvalue weighted by atomic mass is 35.5. The molecule has 0 saturated heterocycles.